The van der Waals surface area contributed by atoms with Crippen LogP contribution in [0.3, 0.4) is 0 Å². The van der Waals surface area contributed by atoms with Gasteiger partial charge in [0.05, 0.1) is 20.0 Å². The number of thiophene rings is 1. The van der Waals surface area contributed by atoms with E-state index < -0.39 is 0 Å². The van der Waals surface area contributed by atoms with Crippen LogP contribution in [0.15, 0.2) is 28.6 Å². The third-order valence-corrected chi connectivity index (χ3v) is 2.90. The smallest absolute Gasteiger partial charge is 0.295 e. The highest BCUT2D eigenvalue weighted by Gasteiger charge is 2.07. The molecule has 0 radical (unpaired) electrons. The summed E-state index contributed by atoms with van der Waals surface area (Å²) in [6.45, 7) is 0.629. The molecule has 2 N–H and O–H groups in total. The monoisotopic (exact) mass is 237 g/mol. The molecule has 0 bridgehead atoms. The molecule has 0 atom stereocenters. The molecule has 2 heterocycles. The number of H-pyrrole nitrogens is 1. The summed E-state index contributed by atoms with van der Waals surface area (Å²) in [6, 6.07) is 3.99. The van der Waals surface area contributed by atoms with Crippen molar-refractivity contribution in [1.82, 2.24) is 9.97 Å². The second-order valence-corrected chi connectivity index (χ2v) is 4.08. The first-order valence-corrected chi connectivity index (χ1v) is 5.57. The van der Waals surface area contributed by atoms with Gasteiger partial charge in [-0.2, -0.15) is 0 Å². The number of methoxy groups -OCH3 is 1. The van der Waals surface area contributed by atoms with Crippen LogP contribution in [0, 0.1) is 0 Å². The van der Waals surface area contributed by atoms with E-state index in [1.165, 1.54) is 18.3 Å². The van der Waals surface area contributed by atoms with E-state index in [-0.39, 0.29) is 11.3 Å². The number of ether oxygens (including phenoxy) is 1. The largest absolute Gasteiger partial charge is 0.489 e. The Morgan fingerprint density at radius 3 is 3.19 bits per heavy atom. The number of rotatable bonds is 4. The molecule has 0 spiro atoms. The van der Waals surface area contributed by atoms with Gasteiger partial charge in [-0.05, 0) is 11.4 Å². The van der Waals surface area contributed by atoms with E-state index in [1.807, 2.05) is 17.5 Å². The Kier molecular flexibility index (Phi) is 3.21. The Bertz CT molecular complexity index is 507. The molecule has 16 heavy (non-hydrogen) atoms. The summed E-state index contributed by atoms with van der Waals surface area (Å²) in [5, 5.41) is 5.06. The van der Waals surface area contributed by atoms with Crippen LogP contribution in [0.4, 0.5) is 5.82 Å². The first kappa shape index (κ1) is 10.7. The quantitative estimate of drug-likeness (QED) is 0.844. The fourth-order valence-corrected chi connectivity index (χ4v) is 1.93. The number of nitrogens with one attached hydrogen (secondary N) is 2. The Balaban J connectivity index is 2.15. The van der Waals surface area contributed by atoms with E-state index >= 15 is 0 Å². The van der Waals surface area contributed by atoms with Gasteiger partial charge in [-0.15, -0.1) is 11.3 Å². The number of aromatic nitrogens is 2. The van der Waals surface area contributed by atoms with Crippen LogP contribution in [-0.2, 0) is 6.54 Å². The highest BCUT2D eigenvalue weighted by Crippen LogP contribution is 2.16. The van der Waals surface area contributed by atoms with Crippen LogP contribution in [0.2, 0.25) is 0 Å². The molecule has 2 aromatic heterocycles. The normalized spacial score (nSPS) is 10.1. The van der Waals surface area contributed by atoms with Crippen molar-refractivity contribution in [3.63, 3.8) is 0 Å². The van der Waals surface area contributed by atoms with Crippen LogP contribution in [0.1, 0.15) is 4.88 Å². The molecule has 0 aromatic carbocycles. The Labute approximate surface area is 96.1 Å². The van der Waals surface area contributed by atoms with Gasteiger partial charge in [0.1, 0.15) is 0 Å². The van der Waals surface area contributed by atoms with E-state index in [0.717, 1.165) is 0 Å². The Morgan fingerprint density at radius 2 is 2.50 bits per heavy atom. The van der Waals surface area contributed by atoms with Crippen LogP contribution in [0.25, 0.3) is 0 Å². The van der Waals surface area contributed by atoms with Gasteiger partial charge in [-0.1, -0.05) is 6.07 Å². The number of hydrogen-bond donors (Lipinski definition) is 2. The van der Waals surface area contributed by atoms with Gasteiger partial charge in [0.25, 0.3) is 5.56 Å². The average molecular weight is 237 g/mol. The van der Waals surface area contributed by atoms with E-state index in [2.05, 4.69) is 15.3 Å². The van der Waals surface area contributed by atoms with E-state index in [0.29, 0.717) is 12.4 Å². The lowest BCUT2D eigenvalue weighted by atomic mass is 10.4. The van der Waals surface area contributed by atoms with E-state index in [9.17, 15) is 4.79 Å². The molecule has 0 aliphatic carbocycles. The van der Waals surface area contributed by atoms with Crippen molar-refractivity contribution < 1.29 is 4.74 Å². The molecule has 0 amide bonds. The minimum absolute atomic E-state index is 0.207. The number of nitrogens with zero attached hydrogens (tertiary/aromatic N) is 1. The zero-order chi connectivity index (χ0) is 11.4. The molecule has 2 rings (SSSR count). The van der Waals surface area contributed by atoms with Gasteiger partial charge in [0, 0.05) is 4.88 Å². The van der Waals surface area contributed by atoms with Gasteiger partial charge in [0.2, 0.25) is 5.75 Å². The SMILES string of the molecule is COc1c(NCc2cccs2)nc[nH]c1=O. The van der Waals surface area contributed by atoms with Crippen molar-refractivity contribution >= 4 is 17.2 Å². The lowest BCUT2D eigenvalue weighted by Crippen LogP contribution is -2.13. The summed E-state index contributed by atoms with van der Waals surface area (Å²) in [5.41, 5.74) is -0.286. The summed E-state index contributed by atoms with van der Waals surface area (Å²) in [6.07, 6.45) is 1.35. The van der Waals surface area contributed by atoms with Crippen molar-refractivity contribution in [3.05, 3.63) is 39.1 Å². The molecular formula is C10H11N3O2S. The molecule has 5 nitrogen and oxygen atoms in total. The van der Waals surface area contributed by atoms with Crippen molar-refractivity contribution in [2.75, 3.05) is 12.4 Å². The molecule has 2 aromatic rings. The van der Waals surface area contributed by atoms with Crippen LogP contribution in [-0.4, -0.2) is 17.1 Å². The van der Waals surface area contributed by atoms with Crippen LogP contribution >= 0.6 is 11.3 Å². The minimum atomic E-state index is -0.286. The third-order valence-electron chi connectivity index (χ3n) is 2.02. The molecule has 6 heteroatoms. The molecule has 0 saturated carbocycles. The molecule has 0 unspecified atom stereocenters. The van der Waals surface area contributed by atoms with Crippen molar-refractivity contribution in [1.29, 1.82) is 0 Å². The summed E-state index contributed by atoms with van der Waals surface area (Å²) in [7, 11) is 1.45. The molecule has 0 aliphatic heterocycles. The first-order valence-electron chi connectivity index (χ1n) is 4.69. The maximum atomic E-state index is 11.4. The third kappa shape index (κ3) is 2.22. The average Bonchev–Trinajstić information content (AvgIpc) is 2.79. The second-order valence-electron chi connectivity index (χ2n) is 3.05. The Hall–Kier alpha value is -1.82. The van der Waals surface area contributed by atoms with Gasteiger partial charge in [-0.3, -0.25) is 4.79 Å². The van der Waals surface area contributed by atoms with Gasteiger partial charge >= 0.3 is 0 Å². The predicted octanol–water partition coefficient (Wildman–Crippen LogP) is 1.45. The lowest BCUT2D eigenvalue weighted by Gasteiger charge is -2.07. The maximum Gasteiger partial charge on any atom is 0.295 e. The molecular weight excluding hydrogens is 226 g/mol. The zero-order valence-electron chi connectivity index (χ0n) is 8.69. The van der Waals surface area contributed by atoms with Gasteiger partial charge in [0.15, 0.2) is 5.82 Å². The Morgan fingerprint density at radius 1 is 1.62 bits per heavy atom. The standard InChI is InChI=1S/C10H11N3O2S/c1-15-8-9(12-6-13-10(8)14)11-5-7-3-2-4-16-7/h2-4,6H,5H2,1H3,(H2,11,12,13,14). The van der Waals surface area contributed by atoms with Crippen molar-refractivity contribution in [2.24, 2.45) is 0 Å². The number of aromatic amines is 1. The number of anilines is 1. The maximum absolute atomic E-state index is 11.4. The van der Waals surface area contributed by atoms with Crippen molar-refractivity contribution in [3.8, 4) is 5.75 Å². The van der Waals surface area contributed by atoms with Gasteiger partial charge < -0.3 is 15.0 Å². The molecule has 0 aliphatic rings. The molecule has 0 fully saturated rings. The van der Waals surface area contributed by atoms with Crippen LogP contribution in [0.5, 0.6) is 5.75 Å². The second kappa shape index (κ2) is 4.80. The highest BCUT2D eigenvalue weighted by atomic mass is 32.1. The summed E-state index contributed by atoms with van der Waals surface area (Å²) in [4.78, 5) is 19.0. The lowest BCUT2D eigenvalue weighted by molar-refractivity contribution is 0.408. The molecule has 84 valence electrons. The summed E-state index contributed by atoms with van der Waals surface area (Å²) >= 11 is 1.64. The zero-order valence-corrected chi connectivity index (χ0v) is 9.50. The minimum Gasteiger partial charge on any atom is -0.489 e. The topological polar surface area (TPSA) is 67.0 Å². The first-order chi connectivity index (χ1) is 7.81. The fraction of sp³-hybridized carbons (Fsp3) is 0.200. The fourth-order valence-electron chi connectivity index (χ4n) is 1.29. The van der Waals surface area contributed by atoms with E-state index in [4.69, 9.17) is 4.74 Å². The highest BCUT2D eigenvalue weighted by molar-refractivity contribution is 7.09. The van der Waals surface area contributed by atoms with Gasteiger partial charge in [-0.25, -0.2) is 4.98 Å². The summed E-state index contributed by atoms with van der Waals surface area (Å²) < 4.78 is 4.98. The van der Waals surface area contributed by atoms with Crippen molar-refractivity contribution in [2.45, 2.75) is 6.54 Å². The molecule has 0 saturated heterocycles. The number of hydrogen-bond acceptors (Lipinski definition) is 5. The van der Waals surface area contributed by atoms with Crippen LogP contribution < -0.4 is 15.6 Å². The summed E-state index contributed by atoms with van der Waals surface area (Å²) in [5.74, 6) is 0.665. The van der Waals surface area contributed by atoms with E-state index in [1.54, 1.807) is 11.3 Å². The predicted molar refractivity (Wildman–Crippen MR) is 63.1 cm³/mol.